The topological polar surface area (TPSA) is 81.5 Å². The number of carbonyl (C=O) groups is 1. The summed E-state index contributed by atoms with van der Waals surface area (Å²) in [7, 11) is 4.47. The number of aryl methyl sites for hydroxylation is 1. The number of ether oxygens (including phenoxy) is 1. The predicted molar refractivity (Wildman–Crippen MR) is 109 cm³/mol. The van der Waals surface area contributed by atoms with Gasteiger partial charge in [0.15, 0.2) is 5.71 Å². The fourth-order valence-corrected chi connectivity index (χ4v) is 2.68. The van der Waals surface area contributed by atoms with Gasteiger partial charge in [0.1, 0.15) is 26.6 Å². The summed E-state index contributed by atoms with van der Waals surface area (Å²) in [4.78, 5) is 21.8. The zero-order valence-corrected chi connectivity index (χ0v) is 16.8. The van der Waals surface area contributed by atoms with Crippen molar-refractivity contribution in [3.8, 4) is 5.75 Å². The minimum atomic E-state index is -0.331. The van der Waals surface area contributed by atoms with Gasteiger partial charge in [-0.3, -0.25) is 4.79 Å². The Bertz CT molecular complexity index is 891. The second-order valence-electron chi connectivity index (χ2n) is 5.99. The molecule has 0 saturated heterocycles. The molecule has 1 N–H and O–H groups in total. The van der Waals surface area contributed by atoms with E-state index in [9.17, 15) is 4.79 Å². The average molecular weight is 383 g/mol. The molecule has 0 aliphatic carbocycles. The summed E-state index contributed by atoms with van der Waals surface area (Å²) in [5.41, 5.74) is 4.39. The number of carbonyl (C=O) groups excluding carboxylic acids is 1. The number of nitrogens with one attached hydrogen (secondary N) is 1. The van der Waals surface area contributed by atoms with Gasteiger partial charge >= 0.3 is 0 Å². The Balaban J connectivity index is 2.25. The minimum absolute atomic E-state index is 0.197. The smallest absolute Gasteiger partial charge is 0.273 e. The van der Waals surface area contributed by atoms with E-state index in [1.807, 2.05) is 56.3 Å². The van der Waals surface area contributed by atoms with Gasteiger partial charge in [-0.1, -0.05) is 34.6 Å². The Hall–Kier alpha value is -3.35. The number of rotatable bonds is 8. The molecule has 2 rings (SSSR count). The van der Waals surface area contributed by atoms with E-state index in [1.165, 1.54) is 14.2 Å². The second-order valence-corrected chi connectivity index (χ2v) is 5.99. The Morgan fingerprint density at radius 3 is 2.43 bits per heavy atom. The normalized spacial score (nSPS) is 11.8. The molecule has 7 nitrogen and oxygen atoms in total. The fraction of sp³-hybridized carbons (Fsp3) is 0.286. The Morgan fingerprint density at radius 2 is 1.79 bits per heavy atom. The summed E-state index contributed by atoms with van der Waals surface area (Å²) < 4.78 is 6.00. The van der Waals surface area contributed by atoms with Gasteiger partial charge in [-0.15, -0.1) is 0 Å². The molecule has 0 unspecified atom stereocenters. The van der Waals surface area contributed by atoms with Crippen LogP contribution >= 0.6 is 0 Å². The zero-order chi connectivity index (χ0) is 20.5. The van der Waals surface area contributed by atoms with Gasteiger partial charge in [-0.25, -0.2) is 0 Å². The first kappa shape index (κ1) is 21.0. The van der Waals surface area contributed by atoms with Crippen LogP contribution in [0.15, 0.2) is 52.8 Å². The lowest BCUT2D eigenvalue weighted by molar-refractivity contribution is -0.114. The van der Waals surface area contributed by atoms with Gasteiger partial charge < -0.3 is 19.7 Å². The van der Waals surface area contributed by atoms with E-state index in [1.54, 1.807) is 7.05 Å². The van der Waals surface area contributed by atoms with Crippen LogP contribution in [-0.2, 0) is 21.1 Å². The van der Waals surface area contributed by atoms with Crippen molar-refractivity contribution < 1.29 is 19.2 Å². The fourth-order valence-electron chi connectivity index (χ4n) is 2.68. The quantitative estimate of drug-likeness (QED) is 0.561. The average Bonchev–Trinajstić information content (AvgIpc) is 2.71. The van der Waals surface area contributed by atoms with Gasteiger partial charge in [-0.05, 0) is 48.7 Å². The van der Waals surface area contributed by atoms with Crippen molar-refractivity contribution >= 4 is 17.3 Å². The summed E-state index contributed by atoms with van der Waals surface area (Å²) in [5, 5.41) is 10.4. The van der Waals surface area contributed by atoms with Gasteiger partial charge in [-0.2, -0.15) is 0 Å². The Kier molecular flexibility index (Phi) is 7.56. The van der Waals surface area contributed by atoms with Crippen LogP contribution in [0.3, 0.4) is 0 Å². The van der Waals surface area contributed by atoms with Crippen LogP contribution < -0.4 is 10.1 Å². The van der Waals surface area contributed by atoms with Crippen molar-refractivity contribution in [3.63, 3.8) is 0 Å². The molecule has 0 bridgehead atoms. The molecule has 2 aromatic rings. The molecular formula is C21H25N3O4. The second kappa shape index (κ2) is 10.1. The third kappa shape index (κ3) is 5.09. The van der Waals surface area contributed by atoms with Crippen LogP contribution in [-0.4, -0.2) is 38.6 Å². The van der Waals surface area contributed by atoms with Crippen LogP contribution in [0.1, 0.15) is 29.2 Å². The molecule has 0 fully saturated rings. The van der Waals surface area contributed by atoms with Crippen LogP contribution in [0, 0.1) is 6.92 Å². The molecule has 7 heteroatoms. The minimum Gasteiger partial charge on any atom is -0.489 e. The highest BCUT2D eigenvalue weighted by Gasteiger charge is 2.17. The van der Waals surface area contributed by atoms with Crippen LogP contribution in [0.2, 0.25) is 0 Å². The largest absolute Gasteiger partial charge is 0.489 e. The molecule has 0 radical (unpaired) electrons. The molecule has 28 heavy (non-hydrogen) atoms. The molecule has 148 valence electrons. The first-order chi connectivity index (χ1) is 13.5. The molecule has 0 saturated carbocycles. The standard InChI is InChI=1S/C21H25N3O4/c1-14-12-16(15(2)23-26-4)10-11-19(14)28-13-17-8-6-7-9-18(17)20(24-27-5)21(25)22-3/h6-12H,13H2,1-5H3,(H,22,25). The predicted octanol–water partition coefficient (Wildman–Crippen LogP) is 3.04. The molecule has 0 aliphatic heterocycles. The molecule has 0 aromatic heterocycles. The van der Waals surface area contributed by atoms with Crippen molar-refractivity contribution in [2.24, 2.45) is 10.3 Å². The van der Waals surface area contributed by atoms with E-state index in [-0.39, 0.29) is 18.2 Å². The highest BCUT2D eigenvalue weighted by atomic mass is 16.6. The van der Waals surface area contributed by atoms with E-state index in [4.69, 9.17) is 14.4 Å². The number of likely N-dealkylation sites (N-methyl/N-ethyl adjacent to an activating group) is 1. The van der Waals surface area contributed by atoms with Crippen LogP contribution in [0.25, 0.3) is 0 Å². The molecule has 0 spiro atoms. The Morgan fingerprint density at radius 1 is 1.07 bits per heavy atom. The molecule has 0 aliphatic rings. The monoisotopic (exact) mass is 383 g/mol. The van der Waals surface area contributed by atoms with Crippen molar-refractivity contribution in [1.82, 2.24) is 5.32 Å². The van der Waals surface area contributed by atoms with Gasteiger partial charge in [0.05, 0.1) is 5.71 Å². The van der Waals surface area contributed by atoms with Crippen LogP contribution in [0.4, 0.5) is 0 Å². The molecule has 0 heterocycles. The molecule has 0 atom stereocenters. The lowest BCUT2D eigenvalue weighted by Gasteiger charge is -2.14. The van der Waals surface area contributed by atoms with Crippen molar-refractivity contribution in [2.45, 2.75) is 20.5 Å². The number of hydrogen-bond donors (Lipinski definition) is 1. The summed E-state index contributed by atoms with van der Waals surface area (Å²) in [6.45, 7) is 4.12. The van der Waals surface area contributed by atoms with Gasteiger partial charge in [0.2, 0.25) is 0 Å². The van der Waals surface area contributed by atoms with E-state index in [0.717, 1.165) is 28.2 Å². The van der Waals surface area contributed by atoms with Crippen molar-refractivity contribution in [1.29, 1.82) is 0 Å². The van der Waals surface area contributed by atoms with E-state index < -0.39 is 0 Å². The number of benzene rings is 2. The van der Waals surface area contributed by atoms with E-state index in [0.29, 0.717) is 5.56 Å². The first-order valence-corrected chi connectivity index (χ1v) is 8.74. The number of nitrogens with zero attached hydrogens (tertiary/aromatic N) is 2. The van der Waals surface area contributed by atoms with E-state index >= 15 is 0 Å². The number of oxime groups is 2. The maximum absolute atomic E-state index is 12.2. The molecule has 1 amide bonds. The van der Waals surface area contributed by atoms with Gasteiger partial charge in [0, 0.05) is 12.6 Å². The van der Waals surface area contributed by atoms with Gasteiger partial charge in [0.25, 0.3) is 5.91 Å². The summed E-state index contributed by atoms with van der Waals surface area (Å²) >= 11 is 0. The maximum atomic E-state index is 12.2. The van der Waals surface area contributed by atoms with Crippen LogP contribution in [0.5, 0.6) is 5.75 Å². The van der Waals surface area contributed by atoms with Crippen molar-refractivity contribution in [2.75, 3.05) is 21.3 Å². The molecule has 2 aromatic carbocycles. The SMILES string of the molecule is CNC(=O)C(=NOC)c1ccccc1COc1ccc(C(C)=NOC)cc1C. The van der Waals surface area contributed by atoms with E-state index in [2.05, 4.69) is 15.6 Å². The van der Waals surface area contributed by atoms with Crippen molar-refractivity contribution in [3.05, 3.63) is 64.7 Å². The summed E-state index contributed by atoms with van der Waals surface area (Å²) in [5.74, 6) is 0.414. The summed E-state index contributed by atoms with van der Waals surface area (Å²) in [6, 6.07) is 13.2. The highest BCUT2D eigenvalue weighted by molar-refractivity contribution is 6.45. The first-order valence-electron chi connectivity index (χ1n) is 8.74. The Labute approximate surface area is 165 Å². The summed E-state index contributed by atoms with van der Waals surface area (Å²) in [6.07, 6.45) is 0. The number of hydrogen-bond acceptors (Lipinski definition) is 6. The zero-order valence-electron chi connectivity index (χ0n) is 16.8. The third-order valence-corrected chi connectivity index (χ3v) is 4.10. The third-order valence-electron chi connectivity index (χ3n) is 4.10. The molecular weight excluding hydrogens is 358 g/mol. The number of amides is 1. The lowest BCUT2D eigenvalue weighted by atomic mass is 10.0. The maximum Gasteiger partial charge on any atom is 0.273 e. The lowest BCUT2D eigenvalue weighted by Crippen LogP contribution is -2.29. The highest BCUT2D eigenvalue weighted by Crippen LogP contribution is 2.22.